The van der Waals surface area contributed by atoms with Gasteiger partial charge in [0.2, 0.25) is 0 Å². The normalized spacial score (nSPS) is 18.9. The number of ether oxygens (including phenoxy) is 1. The molecule has 1 aromatic heterocycles. The van der Waals surface area contributed by atoms with Gasteiger partial charge in [0.1, 0.15) is 0 Å². The van der Waals surface area contributed by atoms with E-state index in [-0.39, 0.29) is 17.7 Å². The summed E-state index contributed by atoms with van der Waals surface area (Å²) in [6, 6.07) is 3.91. The van der Waals surface area contributed by atoms with Gasteiger partial charge in [-0.1, -0.05) is 62.3 Å². The summed E-state index contributed by atoms with van der Waals surface area (Å²) in [6.07, 6.45) is 20.3. The lowest BCUT2D eigenvalue weighted by atomic mass is 9.74. The first kappa shape index (κ1) is 25.8. The predicted octanol–water partition coefficient (Wildman–Crippen LogP) is 7.06. The van der Waals surface area contributed by atoms with Crippen molar-refractivity contribution < 1.29 is 18.6 Å². The second-order valence-corrected chi connectivity index (χ2v) is 8.83. The Hall–Kier alpha value is -2.86. The van der Waals surface area contributed by atoms with E-state index in [2.05, 4.69) is 36.0 Å². The molecule has 0 aliphatic heterocycles. The van der Waals surface area contributed by atoms with Crippen LogP contribution in [0.1, 0.15) is 69.9 Å². The minimum atomic E-state index is -0.862. The highest BCUT2D eigenvalue weighted by atomic mass is 19.2. The fraction of sp³-hybridized carbons (Fsp3) is 0.429. The number of rotatable bonds is 12. The standard InChI is InChI=1S/C28H34F2N2O2/c1-3-4-8-18-34-21(2)10-6-5-7-15-28(23-19-31-27(33)32-20-23)16-13-22(14-17-28)24-11-9-12-25(29)26(24)30/h7,9,11-16,19-21H,3-6,8,10,17-18H2,1-2H3,(H,31,32,33). The Balaban J connectivity index is 1.67. The minimum Gasteiger partial charge on any atom is -0.479 e. The van der Waals surface area contributed by atoms with Gasteiger partial charge < -0.3 is 9.84 Å². The number of aromatic hydroxyl groups is 1. The van der Waals surface area contributed by atoms with Crippen molar-refractivity contribution >= 4 is 5.57 Å². The van der Waals surface area contributed by atoms with Crippen LogP contribution in [0.2, 0.25) is 0 Å². The molecule has 0 fully saturated rings. The average Bonchev–Trinajstić information content (AvgIpc) is 2.84. The molecule has 1 aromatic carbocycles. The van der Waals surface area contributed by atoms with Crippen LogP contribution in [0.15, 0.2) is 61.0 Å². The summed E-state index contributed by atoms with van der Waals surface area (Å²) in [5, 5.41) is 9.52. The van der Waals surface area contributed by atoms with E-state index in [0.717, 1.165) is 43.9 Å². The van der Waals surface area contributed by atoms with Crippen molar-refractivity contribution in [2.45, 2.75) is 70.3 Å². The Kier molecular flexibility index (Phi) is 9.52. The predicted molar refractivity (Wildman–Crippen MR) is 131 cm³/mol. The van der Waals surface area contributed by atoms with E-state index in [9.17, 15) is 13.9 Å². The number of hydrogen-bond acceptors (Lipinski definition) is 4. The van der Waals surface area contributed by atoms with Gasteiger partial charge in [0.25, 0.3) is 0 Å². The molecule has 0 saturated heterocycles. The van der Waals surface area contributed by atoms with E-state index in [1.54, 1.807) is 18.5 Å². The van der Waals surface area contributed by atoms with Crippen molar-refractivity contribution in [3.8, 4) is 6.01 Å². The van der Waals surface area contributed by atoms with E-state index in [1.165, 1.54) is 18.9 Å². The molecule has 182 valence electrons. The topological polar surface area (TPSA) is 55.2 Å². The highest BCUT2D eigenvalue weighted by Gasteiger charge is 2.29. The lowest BCUT2D eigenvalue weighted by Crippen LogP contribution is -2.22. The van der Waals surface area contributed by atoms with E-state index in [0.29, 0.717) is 12.0 Å². The zero-order chi connectivity index (χ0) is 24.4. The van der Waals surface area contributed by atoms with Crippen molar-refractivity contribution in [1.82, 2.24) is 9.97 Å². The molecule has 0 radical (unpaired) electrons. The van der Waals surface area contributed by atoms with Crippen LogP contribution in [0, 0.1) is 11.6 Å². The Bertz CT molecular complexity index is 1020. The van der Waals surface area contributed by atoms with Crippen molar-refractivity contribution in [3.05, 3.63) is 83.7 Å². The summed E-state index contributed by atoms with van der Waals surface area (Å²) >= 11 is 0. The average molecular weight is 469 g/mol. The van der Waals surface area contributed by atoms with E-state index in [1.807, 2.05) is 18.2 Å². The van der Waals surface area contributed by atoms with Crippen LogP contribution in [0.25, 0.3) is 5.57 Å². The van der Waals surface area contributed by atoms with Crippen LogP contribution in [0.3, 0.4) is 0 Å². The molecule has 0 amide bonds. The molecule has 0 bridgehead atoms. The van der Waals surface area contributed by atoms with E-state index >= 15 is 0 Å². The summed E-state index contributed by atoms with van der Waals surface area (Å²) in [5.74, 6) is -1.71. The van der Waals surface area contributed by atoms with Gasteiger partial charge in [-0.15, -0.1) is 0 Å². The maximum atomic E-state index is 14.3. The summed E-state index contributed by atoms with van der Waals surface area (Å²) in [7, 11) is 0. The maximum Gasteiger partial charge on any atom is 0.313 e. The summed E-state index contributed by atoms with van der Waals surface area (Å²) in [5.41, 5.74) is 1.17. The highest BCUT2D eigenvalue weighted by molar-refractivity contribution is 5.76. The monoisotopic (exact) mass is 468 g/mol. The maximum absolute atomic E-state index is 14.3. The smallest absolute Gasteiger partial charge is 0.313 e. The van der Waals surface area contributed by atoms with Gasteiger partial charge in [0, 0.05) is 35.5 Å². The Labute approximate surface area is 201 Å². The molecule has 2 aromatic rings. The zero-order valence-electron chi connectivity index (χ0n) is 20.0. The Morgan fingerprint density at radius 1 is 1.18 bits per heavy atom. The van der Waals surface area contributed by atoms with Crippen LogP contribution >= 0.6 is 0 Å². The van der Waals surface area contributed by atoms with Gasteiger partial charge in [-0.25, -0.2) is 18.7 Å². The first-order chi connectivity index (χ1) is 16.4. The molecule has 2 unspecified atom stereocenters. The van der Waals surface area contributed by atoms with Crippen molar-refractivity contribution in [1.29, 1.82) is 0 Å². The molecule has 3 rings (SSSR count). The van der Waals surface area contributed by atoms with Crippen molar-refractivity contribution in [2.75, 3.05) is 6.61 Å². The number of hydrogen-bond donors (Lipinski definition) is 1. The largest absolute Gasteiger partial charge is 0.479 e. The molecule has 1 heterocycles. The second-order valence-electron chi connectivity index (χ2n) is 8.83. The van der Waals surface area contributed by atoms with Gasteiger partial charge in [-0.2, -0.15) is 0 Å². The van der Waals surface area contributed by atoms with Gasteiger partial charge in [-0.3, -0.25) is 0 Å². The summed E-state index contributed by atoms with van der Waals surface area (Å²) in [4.78, 5) is 7.88. The van der Waals surface area contributed by atoms with Crippen LogP contribution in [-0.2, 0) is 10.2 Å². The first-order valence-electron chi connectivity index (χ1n) is 12.1. The van der Waals surface area contributed by atoms with Gasteiger partial charge in [0.15, 0.2) is 11.6 Å². The fourth-order valence-electron chi connectivity index (χ4n) is 4.11. The molecule has 4 nitrogen and oxygen atoms in total. The molecular formula is C28H34F2N2O2. The minimum absolute atomic E-state index is 0.240. The van der Waals surface area contributed by atoms with Crippen LogP contribution in [0.5, 0.6) is 6.01 Å². The molecule has 1 aliphatic rings. The third kappa shape index (κ3) is 6.83. The van der Waals surface area contributed by atoms with E-state index in [4.69, 9.17) is 4.74 Å². The Morgan fingerprint density at radius 2 is 1.97 bits per heavy atom. The third-order valence-electron chi connectivity index (χ3n) is 6.21. The first-order valence-corrected chi connectivity index (χ1v) is 12.1. The number of unbranched alkanes of at least 4 members (excludes halogenated alkanes) is 3. The van der Waals surface area contributed by atoms with Crippen LogP contribution in [-0.4, -0.2) is 27.8 Å². The molecule has 1 N–H and O–H groups in total. The summed E-state index contributed by atoms with van der Waals surface area (Å²) < 4.78 is 33.9. The fourth-order valence-corrected chi connectivity index (χ4v) is 4.11. The van der Waals surface area contributed by atoms with Crippen LogP contribution < -0.4 is 0 Å². The SMILES string of the molecule is CCCCCOC(C)CCCC=CC1(c2cnc(O)nc2)C=CC(c2cccc(F)c2F)=CC1. The van der Waals surface area contributed by atoms with Gasteiger partial charge >= 0.3 is 6.01 Å². The molecule has 0 saturated carbocycles. The van der Waals surface area contributed by atoms with E-state index < -0.39 is 17.0 Å². The molecule has 34 heavy (non-hydrogen) atoms. The van der Waals surface area contributed by atoms with Gasteiger partial charge in [0.05, 0.1) is 6.10 Å². The molecular weight excluding hydrogens is 434 g/mol. The van der Waals surface area contributed by atoms with Crippen molar-refractivity contribution in [2.24, 2.45) is 0 Å². The third-order valence-corrected chi connectivity index (χ3v) is 6.21. The number of halogens is 2. The Morgan fingerprint density at radius 3 is 2.68 bits per heavy atom. The molecule has 6 heteroatoms. The lowest BCUT2D eigenvalue weighted by Gasteiger charge is -2.29. The molecule has 2 atom stereocenters. The number of aromatic nitrogens is 2. The number of benzene rings is 1. The number of nitrogens with zero attached hydrogens (tertiary/aromatic N) is 2. The lowest BCUT2D eigenvalue weighted by molar-refractivity contribution is 0.0566. The highest BCUT2D eigenvalue weighted by Crippen LogP contribution is 2.38. The molecule has 0 spiro atoms. The second kappa shape index (κ2) is 12.6. The quantitative estimate of drug-likeness (QED) is 0.267. The van der Waals surface area contributed by atoms with Crippen molar-refractivity contribution in [3.63, 3.8) is 0 Å². The van der Waals surface area contributed by atoms with Crippen LogP contribution in [0.4, 0.5) is 8.78 Å². The molecule has 1 aliphatic carbocycles. The zero-order valence-corrected chi connectivity index (χ0v) is 20.0. The van der Waals surface area contributed by atoms with Gasteiger partial charge in [-0.05, 0) is 50.7 Å². The number of allylic oxidation sites excluding steroid dienone is 6. The summed E-state index contributed by atoms with van der Waals surface area (Å²) in [6.45, 7) is 5.12.